The Labute approximate surface area is 181 Å². The van der Waals surface area contributed by atoms with E-state index in [2.05, 4.69) is 36.8 Å². The van der Waals surface area contributed by atoms with Gasteiger partial charge in [0.25, 0.3) is 0 Å². The zero-order valence-corrected chi connectivity index (χ0v) is 19.0. The Kier molecular flexibility index (Phi) is 8.15. The molecule has 2 aromatic rings. The zero-order chi connectivity index (χ0) is 21.4. The highest BCUT2D eigenvalue weighted by Gasteiger charge is 2.17. The Balaban J connectivity index is 2.03. The first-order chi connectivity index (χ1) is 13.7. The molecule has 0 aliphatic heterocycles. The van der Waals surface area contributed by atoms with Crippen molar-refractivity contribution in [3.63, 3.8) is 0 Å². The fourth-order valence-corrected chi connectivity index (χ4v) is 3.16. The lowest BCUT2D eigenvalue weighted by atomic mass is 10.2. The van der Waals surface area contributed by atoms with Crippen molar-refractivity contribution in [1.29, 1.82) is 0 Å². The number of anilines is 2. The summed E-state index contributed by atoms with van der Waals surface area (Å²) in [6.07, 6.45) is 1.13. The third-order valence-corrected chi connectivity index (χ3v) is 4.48. The maximum atomic E-state index is 12.0. The van der Waals surface area contributed by atoms with Crippen LogP contribution in [0.5, 0.6) is 0 Å². The third kappa shape index (κ3) is 8.20. The van der Waals surface area contributed by atoms with Gasteiger partial charge in [-0.15, -0.1) is 11.3 Å². The summed E-state index contributed by atoms with van der Waals surface area (Å²) >= 11 is 4.73. The average molecular weight is 483 g/mol. The van der Waals surface area contributed by atoms with E-state index in [4.69, 9.17) is 9.47 Å². The first kappa shape index (κ1) is 22.8. The van der Waals surface area contributed by atoms with E-state index in [-0.39, 0.29) is 12.4 Å². The second kappa shape index (κ2) is 10.4. The molecule has 1 amide bonds. The van der Waals surface area contributed by atoms with Crippen molar-refractivity contribution in [3.8, 4) is 0 Å². The highest BCUT2D eigenvalue weighted by molar-refractivity contribution is 9.10. The molecule has 0 atom stereocenters. The number of hydrogen-bond acceptors (Lipinski definition) is 8. The quantitative estimate of drug-likeness (QED) is 0.333. The van der Waals surface area contributed by atoms with Crippen LogP contribution in [0.15, 0.2) is 33.2 Å². The van der Waals surface area contributed by atoms with E-state index in [0.717, 1.165) is 4.47 Å². The Morgan fingerprint density at radius 1 is 1.34 bits per heavy atom. The number of carbonyl (C=O) groups is 2. The zero-order valence-electron chi connectivity index (χ0n) is 16.6. The van der Waals surface area contributed by atoms with Gasteiger partial charge < -0.3 is 9.47 Å². The van der Waals surface area contributed by atoms with Gasteiger partial charge in [0.1, 0.15) is 5.60 Å². The molecule has 0 aliphatic rings. The van der Waals surface area contributed by atoms with Crippen LogP contribution in [0.4, 0.5) is 15.6 Å². The number of thiazole rings is 1. The molecule has 8 nitrogen and oxygen atoms in total. The maximum absolute atomic E-state index is 12.0. The summed E-state index contributed by atoms with van der Waals surface area (Å²) in [6.45, 7) is 7.49. The van der Waals surface area contributed by atoms with Crippen molar-refractivity contribution in [2.45, 2.75) is 39.7 Å². The molecule has 0 saturated carbocycles. The number of amides is 1. The van der Waals surface area contributed by atoms with Crippen LogP contribution in [0, 0.1) is 0 Å². The normalized spacial score (nSPS) is 11.3. The molecular formula is C19H23BrN4O4S. The number of halogens is 1. The average Bonchev–Trinajstić information content (AvgIpc) is 3.03. The van der Waals surface area contributed by atoms with E-state index in [9.17, 15) is 9.59 Å². The first-order valence-electron chi connectivity index (χ1n) is 8.85. The van der Waals surface area contributed by atoms with Gasteiger partial charge in [-0.3, -0.25) is 15.5 Å². The number of esters is 1. The van der Waals surface area contributed by atoms with Gasteiger partial charge in [-0.2, -0.15) is 5.10 Å². The summed E-state index contributed by atoms with van der Waals surface area (Å²) in [7, 11) is 0. The van der Waals surface area contributed by atoms with Gasteiger partial charge in [0.15, 0.2) is 0 Å². The van der Waals surface area contributed by atoms with Crippen LogP contribution < -0.4 is 10.7 Å². The number of ether oxygens (including phenoxy) is 2. The summed E-state index contributed by atoms with van der Waals surface area (Å²) in [5.74, 6) is -0.320. The Morgan fingerprint density at radius 3 is 2.79 bits per heavy atom. The number of hydrogen-bond donors (Lipinski definition) is 2. The molecule has 0 bridgehead atoms. The van der Waals surface area contributed by atoms with E-state index in [1.807, 2.05) is 6.07 Å². The molecule has 2 rings (SSSR count). The van der Waals surface area contributed by atoms with Gasteiger partial charge in [0.05, 0.1) is 30.6 Å². The van der Waals surface area contributed by atoms with Crippen molar-refractivity contribution in [3.05, 3.63) is 39.3 Å². The summed E-state index contributed by atoms with van der Waals surface area (Å²) in [5, 5.41) is 9.19. The SMILES string of the molecule is CCOC(=O)Cc1csc(NN=Cc2cc(Br)ccc2NC(=O)OC(C)(C)C)n1. The van der Waals surface area contributed by atoms with Crippen LogP contribution in [0.1, 0.15) is 39.0 Å². The first-order valence-corrected chi connectivity index (χ1v) is 10.5. The van der Waals surface area contributed by atoms with Gasteiger partial charge in [0.2, 0.25) is 5.13 Å². The summed E-state index contributed by atoms with van der Waals surface area (Å²) in [4.78, 5) is 27.8. The minimum absolute atomic E-state index is 0.116. The molecule has 1 heterocycles. The molecule has 1 aromatic carbocycles. The fraction of sp³-hybridized carbons (Fsp3) is 0.368. The standard InChI is InChI=1S/C19H23BrN4O4S/c1-5-27-16(25)9-14-11-29-17(22-14)24-21-10-12-8-13(20)6-7-15(12)23-18(26)28-19(2,3)4/h6-8,10-11H,5,9H2,1-4H3,(H,22,24)(H,23,26). The van der Waals surface area contributed by atoms with Gasteiger partial charge >= 0.3 is 12.1 Å². The smallest absolute Gasteiger partial charge is 0.412 e. The Hall–Kier alpha value is -2.46. The molecule has 0 spiro atoms. The minimum Gasteiger partial charge on any atom is -0.466 e. The van der Waals surface area contributed by atoms with E-state index >= 15 is 0 Å². The van der Waals surface area contributed by atoms with Crippen LogP contribution >= 0.6 is 27.3 Å². The number of nitrogens with zero attached hydrogens (tertiary/aromatic N) is 2. The lowest BCUT2D eigenvalue weighted by molar-refractivity contribution is -0.142. The highest BCUT2D eigenvalue weighted by Crippen LogP contribution is 2.21. The number of nitrogens with one attached hydrogen (secondary N) is 2. The second-order valence-corrected chi connectivity index (χ2v) is 8.63. The predicted molar refractivity (Wildman–Crippen MR) is 118 cm³/mol. The number of rotatable bonds is 7. The van der Waals surface area contributed by atoms with Crippen LogP contribution in [0.3, 0.4) is 0 Å². The van der Waals surface area contributed by atoms with Gasteiger partial charge in [-0.25, -0.2) is 9.78 Å². The lowest BCUT2D eigenvalue weighted by Gasteiger charge is -2.20. The van der Waals surface area contributed by atoms with Crippen LogP contribution in [0.25, 0.3) is 0 Å². The molecule has 0 aliphatic carbocycles. The highest BCUT2D eigenvalue weighted by atomic mass is 79.9. The Bertz CT molecular complexity index is 893. The number of benzene rings is 1. The molecule has 10 heteroatoms. The summed E-state index contributed by atoms with van der Waals surface area (Å²) < 4.78 is 11.0. The van der Waals surface area contributed by atoms with Crippen LogP contribution in [0.2, 0.25) is 0 Å². The molecular weight excluding hydrogens is 460 g/mol. The van der Waals surface area contributed by atoms with Crippen LogP contribution in [-0.2, 0) is 20.7 Å². The van der Waals surface area contributed by atoms with Crippen molar-refractivity contribution in [1.82, 2.24) is 4.98 Å². The van der Waals surface area contributed by atoms with E-state index < -0.39 is 11.7 Å². The third-order valence-electron chi connectivity index (χ3n) is 3.20. The van der Waals surface area contributed by atoms with Gasteiger partial charge in [-0.1, -0.05) is 15.9 Å². The molecule has 1 aromatic heterocycles. The Morgan fingerprint density at radius 2 is 2.10 bits per heavy atom. The van der Waals surface area contributed by atoms with E-state index in [1.54, 1.807) is 51.4 Å². The van der Waals surface area contributed by atoms with Crippen molar-refractivity contribution < 1.29 is 19.1 Å². The topological polar surface area (TPSA) is 102 Å². The molecule has 0 saturated heterocycles. The molecule has 2 N–H and O–H groups in total. The molecule has 29 heavy (non-hydrogen) atoms. The fourth-order valence-electron chi connectivity index (χ4n) is 2.12. The minimum atomic E-state index is -0.596. The maximum Gasteiger partial charge on any atom is 0.412 e. The second-order valence-electron chi connectivity index (χ2n) is 6.85. The van der Waals surface area contributed by atoms with E-state index in [0.29, 0.717) is 28.7 Å². The predicted octanol–water partition coefficient (Wildman–Crippen LogP) is 4.80. The van der Waals surface area contributed by atoms with Gasteiger partial charge in [0, 0.05) is 15.4 Å². The molecule has 0 fully saturated rings. The molecule has 0 radical (unpaired) electrons. The summed E-state index contributed by atoms with van der Waals surface area (Å²) in [5.41, 5.74) is 4.06. The van der Waals surface area contributed by atoms with Crippen LogP contribution in [-0.4, -0.2) is 35.5 Å². The number of hydrazone groups is 1. The van der Waals surface area contributed by atoms with Crippen molar-refractivity contribution >= 4 is 56.4 Å². The molecule has 156 valence electrons. The van der Waals surface area contributed by atoms with E-state index in [1.165, 1.54) is 11.3 Å². The lowest BCUT2D eigenvalue weighted by Crippen LogP contribution is -2.27. The summed E-state index contributed by atoms with van der Waals surface area (Å²) in [6, 6.07) is 5.36. The largest absolute Gasteiger partial charge is 0.466 e. The van der Waals surface area contributed by atoms with Crippen molar-refractivity contribution in [2.75, 3.05) is 17.3 Å². The molecule has 0 unspecified atom stereocenters. The monoisotopic (exact) mass is 482 g/mol. The van der Waals surface area contributed by atoms with Crippen molar-refractivity contribution in [2.24, 2.45) is 5.10 Å². The number of carbonyl (C=O) groups excluding carboxylic acids is 2. The number of aromatic nitrogens is 1. The van der Waals surface area contributed by atoms with Gasteiger partial charge in [-0.05, 0) is 45.9 Å².